The summed E-state index contributed by atoms with van der Waals surface area (Å²) in [4.78, 5) is 0. The molecule has 1 aliphatic rings. The third kappa shape index (κ3) is 1.81. The minimum atomic E-state index is 0.260. The molecule has 2 rings (SSSR count). The van der Waals surface area contributed by atoms with Crippen molar-refractivity contribution >= 4 is 0 Å². The summed E-state index contributed by atoms with van der Waals surface area (Å²) < 4.78 is 0. The summed E-state index contributed by atoms with van der Waals surface area (Å²) in [5, 5.41) is 3.56. The van der Waals surface area contributed by atoms with Crippen molar-refractivity contribution in [1.82, 2.24) is 5.32 Å². The summed E-state index contributed by atoms with van der Waals surface area (Å²) in [5.74, 6) is 0. The average Bonchev–Trinajstić information content (AvgIpc) is 2.71. The smallest absolute Gasteiger partial charge is 0.0434 e. The van der Waals surface area contributed by atoms with Gasteiger partial charge in [-0.3, -0.25) is 0 Å². The van der Waals surface area contributed by atoms with Crippen LogP contribution in [0, 0.1) is 13.8 Å². The molecule has 1 aromatic rings. The lowest BCUT2D eigenvalue weighted by Gasteiger charge is -2.31. The van der Waals surface area contributed by atoms with Crippen LogP contribution in [0.25, 0.3) is 0 Å². The van der Waals surface area contributed by atoms with E-state index in [4.69, 9.17) is 0 Å². The molecule has 0 aromatic heterocycles. The maximum atomic E-state index is 3.56. The van der Waals surface area contributed by atoms with E-state index in [1.165, 1.54) is 42.4 Å². The second kappa shape index (κ2) is 3.97. The fraction of sp³-hybridized carbons (Fsp3) is 0.571. The average molecular weight is 203 g/mol. The van der Waals surface area contributed by atoms with Crippen LogP contribution in [-0.4, -0.2) is 7.05 Å². The third-order valence-electron chi connectivity index (χ3n) is 3.84. The molecule has 0 atom stereocenters. The number of rotatable bonds is 2. The normalized spacial score (nSPS) is 19.4. The van der Waals surface area contributed by atoms with Gasteiger partial charge < -0.3 is 5.32 Å². The molecule has 0 radical (unpaired) electrons. The van der Waals surface area contributed by atoms with Gasteiger partial charge in [0.2, 0.25) is 0 Å². The molecule has 1 heteroatoms. The highest BCUT2D eigenvalue weighted by Gasteiger charge is 2.34. The molecule has 0 amide bonds. The number of nitrogens with one attached hydrogen (secondary N) is 1. The topological polar surface area (TPSA) is 12.0 Å². The van der Waals surface area contributed by atoms with Crippen molar-refractivity contribution in [2.45, 2.75) is 45.1 Å². The Balaban J connectivity index is 2.46. The first kappa shape index (κ1) is 10.7. The summed E-state index contributed by atoms with van der Waals surface area (Å²) in [5.41, 5.74) is 4.58. The predicted octanol–water partition coefficient (Wildman–Crippen LogP) is 3.29. The first-order valence-corrected chi connectivity index (χ1v) is 5.95. The molecule has 0 spiro atoms. The molecule has 0 unspecified atom stereocenters. The van der Waals surface area contributed by atoms with Gasteiger partial charge in [-0.15, -0.1) is 0 Å². The van der Waals surface area contributed by atoms with Crippen molar-refractivity contribution in [3.05, 3.63) is 34.9 Å². The van der Waals surface area contributed by atoms with Gasteiger partial charge >= 0.3 is 0 Å². The third-order valence-corrected chi connectivity index (χ3v) is 3.84. The van der Waals surface area contributed by atoms with Crippen LogP contribution in [0.15, 0.2) is 18.2 Å². The fourth-order valence-corrected chi connectivity index (χ4v) is 2.88. The SMILES string of the molecule is CNC1(c2cc(C)ccc2C)CCCC1. The Kier molecular flexibility index (Phi) is 2.83. The van der Waals surface area contributed by atoms with Crippen molar-refractivity contribution in [1.29, 1.82) is 0 Å². The lowest BCUT2D eigenvalue weighted by atomic mass is 9.84. The highest BCUT2D eigenvalue weighted by molar-refractivity contribution is 5.36. The van der Waals surface area contributed by atoms with Gasteiger partial charge in [-0.1, -0.05) is 36.6 Å². The zero-order valence-corrected chi connectivity index (χ0v) is 10.1. The van der Waals surface area contributed by atoms with E-state index in [0.29, 0.717) is 0 Å². The van der Waals surface area contributed by atoms with E-state index in [9.17, 15) is 0 Å². The standard InChI is InChI=1S/C14H21N/c1-11-6-7-12(2)13(10-11)14(15-3)8-4-5-9-14/h6-7,10,15H,4-5,8-9H2,1-3H3. The van der Waals surface area contributed by atoms with Gasteiger partial charge in [-0.2, -0.15) is 0 Å². The summed E-state index contributed by atoms with van der Waals surface area (Å²) in [6.45, 7) is 4.41. The number of benzene rings is 1. The van der Waals surface area contributed by atoms with Crippen molar-refractivity contribution in [3.63, 3.8) is 0 Å². The molecular weight excluding hydrogens is 182 g/mol. The molecule has 1 N–H and O–H groups in total. The zero-order chi connectivity index (χ0) is 10.9. The van der Waals surface area contributed by atoms with E-state index in [1.807, 2.05) is 0 Å². The Morgan fingerprint density at radius 1 is 1.13 bits per heavy atom. The summed E-state index contributed by atoms with van der Waals surface area (Å²) in [6.07, 6.45) is 5.28. The fourth-order valence-electron chi connectivity index (χ4n) is 2.88. The Morgan fingerprint density at radius 2 is 1.80 bits per heavy atom. The summed E-state index contributed by atoms with van der Waals surface area (Å²) in [6, 6.07) is 6.82. The minimum absolute atomic E-state index is 0.260. The first-order valence-electron chi connectivity index (χ1n) is 5.95. The molecule has 0 saturated heterocycles. The Labute approximate surface area is 92.9 Å². The van der Waals surface area contributed by atoms with Gasteiger partial charge in [0, 0.05) is 5.54 Å². The molecule has 1 saturated carbocycles. The second-order valence-electron chi connectivity index (χ2n) is 4.86. The van der Waals surface area contributed by atoms with E-state index in [0.717, 1.165) is 0 Å². The second-order valence-corrected chi connectivity index (χ2v) is 4.86. The summed E-state index contributed by atoms with van der Waals surface area (Å²) >= 11 is 0. The highest BCUT2D eigenvalue weighted by atomic mass is 14.9. The monoisotopic (exact) mass is 203 g/mol. The molecule has 1 aromatic carbocycles. The Bertz CT molecular complexity index is 348. The largest absolute Gasteiger partial charge is 0.310 e. The lowest BCUT2D eigenvalue weighted by Crippen LogP contribution is -2.37. The van der Waals surface area contributed by atoms with E-state index in [2.05, 4.69) is 44.4 Å². The van der Waals surface area contributed by atoms with Gasteiger partial charge in [0.1, 0.15) is 0 Å². The van der Waals surface area contributed by atoms with Gasteiger partial charge in [-0.25, -0.2) is 0 Å². The van der Waals surface area contributed by atoms with Gasteiger partial charge in [0.05, 0.1) is 0 Å². The number of hydrogen-bond acceptors (Lipinski definition) is 1. The number of hydrogen-bond donors (Lipinski definition) is 1. The van der Waals surface area contributed by atoms with Crippen LogP contribution in [0.2, 0.25) is 0 Å². The van der Waals surface area contributed by atoms with Crippen LogP contribution in [0.3, 0.4) is 0 Å². The van der Waals surface area contributed by atoms with Crippen LogP contribution < -0.4 is 5.32 Å². The van der Waals surface area contributed by atoms with Crippen molar-refractivity contribution in [3.8, 4) is 0 Å². The van der Waals surface area contributed by atoms with E-state index in [-0.39, 0.29) is 5.54 Å². The molecule has 1 aliphatic carbocycles. The maximum Gasteiger partial charge on any atom is 0.0434 e. The van der Waals surface area contributed by atoms with Crippen LogP contribution in [0.1, 0.15) is 42.4 Å². The molecule has 1 nitrogen and oxygen atoms in total. The maximum absolute atomic E-state index is 3.56. The molecule has 0 aliphatic heterocycles. The Hall–Kier alpha value is -0.820. The van der Waals surface area contributed by atoms with Crippen molar-refractivity contribution < 1.29 is 0 Å². The highest BCUT2D eigenvalue weighted by Crippen LogP contribution is 2.39. The molecule has 0 heterocycles. The predicted molar refractivity (Wildman–Crippen MR) is 65.1 cm³/mol. The van der Waals surface area contributed by atoms with Crippen LogP contribution in [-0.2, 0) is 5.54 Å². The van der Waals surface area contributed by atoms with Gasteiger partial charge in [0.15, 0.2) is 0 Å². The molecule has 1 fully saturated rings. The van der Waals surface area contributed by atoms with E-state index in [1.54, 1.807) is 0 Å². The zero-order valence-electron chi connectivity index (χ0n) is 10.1. The lowest BCUT2D eigenvalue weighted by molar-refractivity contribution is 0.370. The van der Waals surface area contributed by atoms with Crippen LogP contribution in [0.4, 0.5) is 0 Å². The quantitative estimate of drug-likeness (QED) is 0.777. The minimum Gasteiger partial charge on any atom is -0.310 e. The van der Waals surface area contributed by atoms with Crippen LogP contribution >= 0.6 is 0 Å². The molecular formula is C14H21N. The molecule has 15 heavy (non-hydrogen) atoms. The van der Waals surface area contributed by atoms with E-state index >= 15 is 0 Å². The van der Waals surface area contributed by atoms with Crippen molar-refractivity contribution in [2.75, 3.05) is 7.05 Å². The van der Waals surface area contributed by atoms with Gasteiger partial charge in [0.25, 0.3) is 0 Å². The van der Waals surface area contributed by atoms with E-state index < -0.39 is 0 Å². The molecule has 82 valence electrons. The van der Waals surface area contributed by atoms with Crippen LogP contribution in [0.5, 0.6) is 0 Å². The first-order chi connectivity index (χ1) is 7.18. The molecule has 0 bridgehead atoms. The Morgan fingerprint density at radius 3 is 2.40 bits per heavy atom. The van der Waals surface area contributed by atoms with Gasteiger partial charge in [-0.05, 0) is 44.9 Å². The number of aryl methyl sites for hydroxylation is 2. The summed E-state index contributed by atoms with van der Waals surface area (Å²) in [7, 11) is 2.10. The van der Waals surface area contributed by atoms with Crippen molar-refractivity contribution in [2.24, 2.45) is 0 Å².